The van der Waals surface area contributed by atoms with Gasteiger partial charge in [0.15, 0.2) is 23.0 Å². The lowest BCUT2D eigenvalue weighted by molar-refractivity contribution is 0.0858. The Bertz CT molecular complexity index is 1500. The highest BCUT2D eigenvalue weighted by atomic mass is 16.5. The Morgan fingerprint density at radius 2 is 1.38 bits per heavy atom. The number of hydrogen-bond donors (Lipinski definition) is 1. The third kappa shape index (κ3) is 5.44. The predicted octanol–water partition coefficient (Wildman–Crippen LogP) is 4.91. The minimum Gasteiger partial charge on any atom is -0.493 e. The highest BCUT2D eigenvalue weighted by Gasteiger charge is 2.20. The first-order chi connectivity index (χ1) is 19.0. The van der Waals surface area contributed by atoms with Crippen LogP contribution in [0, 0.1) is 0 Å². The van der Waals surface area contributed by atoms with Gasteiger partial charge in [-0.3, -0.25) is 4.79 Å². The molecule has 9 heteroatoms. The van der Waals surface area contributed by atoms with Gasteiger partial charge in [0, 0.05) is 29.8 Å². The molecule has 1 unspecified atom stereocenters. The molecule has 4 aromatic rings. The Morgan fingerprint density at radius 3 is 1.92 bits per heavy atom. The molecule has 39 heavy (non-hydrogen) atoms. The second-order valence-corrected chi connectivity index (χ2v) is 9.11. The largest absolute Gasteiger partial charge is 0.493 e. The van der Waals surface area contributed by atoms with Gasteiger partial charge < -0.3 is 29.0 Å². The fourth-order valence-electron chi connectivity index (χ4n) is 4.68. The standard InChI is InChI=1S/C30H31N3O6/c1-35-24-11-8-18(15-26(24)37-3)28-29(19-9-12-25(36-2)27(16-19)38-4)33-23-14-20(7-10-22(23)32-28)30(34)31-17-21-6-5-13-39-21/h7-12,14-16,21H,5-6,13,17H2,1-4H3,(H,31,34). The minimum atomic E-state index is -0.175. The molecule has 1 saturated heterocycles. The van der Waals surface area contributed by atoms with E-state index < -0.39 is 0 Å². The molecule has 2 heterocycles. The van der Waals surface area contributed by atoms with Crippen LogP contribution in [-0.2, 0) is 4.74 Å². The van der Waals surface area contributed by atoms with Gasteiger partial charge in [-0.1, -0.05) is 0 Å². The van der Waals surface area contributed by atoms with Gasteiger partial charge in [0.1, 0.15) is 0 Å². The summed E-state index contributed by atoms with van der Waals surface area (Å²) in [7, 11) is 6.36. The van der Waals surface area contributed by atoms with Crippen LogP contribution in [-0.4, -0.2) is 63.6 Å². The summed E-state index contributed by atoms with van der Waals surface area (Å²) in [4.78, 5) is 22.9. The number of aromatic nitrogens is 2. The number of nitrogens with zero attached hydrogens (tertiary/aromatic N) is 2. The molecular weight excluding hydrogens is 498 g/mol. The lowest BCUT2D eigenvalue weighted by Crippen LogP contribution is -2.31. The smallest absolute Gasteiger partial charge is 0.251 e. The van der Waals surface area contributed by atoms with E-state index in [4.69, 9.17) is 33.7 Å². The summed E-state index contributed by atoms with van der Waals surface area (Å²) in [5, 5.41) is 2.97. The second-order valence-electron chi connectivity index (χ2n) is 9.11. The van der Waals surface area contributed by atoms with Crippen LogP contribution in [0.2, 0.25) is 0 Å². The van der Waals surface area contributed by atoms with E-state index in [-0.39, 0.29) is 12.0 Å². The van der Waals surface area contributed by atoms with Crippen molar-refractivity contribution >= 4 is 16.9 Å². The van der Waals surface area contributed by atoms with Gasteiger partial charge in [0.25, 0.3) is 5.91 Å². The van der Waals surface area contributed by atoms with Gasteiger partial charge in [0.2, 0.25) is 0 Å². The first kappa shape index (κ1) is 26.2. The normalized spacial score (nSPS) is 14.7. The maximum atomic E-state index is 12.9. The Kier molecular flexibility index (Phi) is 7.79. The number of carbonyl (C=O) groups is 1. The first-order valence-electron chi connectivity index (χ1n) is 12.7. The van der Waals surface area contributed by atoms with Crippen molar-refractivity contribution in [3.8, 4) is 45.5 Å². The van der Waals surface area contributed by atoms with Crippen LogP contribution in [0.3, 0.4) is 0 Å². The summed E-state index contributed by atoms with van der Waals surface area (Å²) in [6.45, 7) is 1.23. The third-order valence-electron chi connectivity index (χ3n) is 6.75. The van der Waals surface area contributed by atoms with Crippen molar-refractivity contribution in [2.45, 2.75) is 18.9 Å². The number of ether oxygens (including phenoxy) is 5. The number of methoxy groups -OCH3 is 4. The summed E-state index contributed by atoms with van der Waals surface area (Å²) >= 11 is 0. The van der Waals surface area contributed by atoms with Crippen molar-refractivity contribution in [3.63, 3.8) is 0 Å². The lowest BCUT2D eigenvalue weighted by atomic mass is 10.0. The molecule has 1 atom stereocenters. The molecule has 1 aromatic heterocycles. The number of fused-ring (bicyclic) bond motifs is 1. The molecule has 1 aliphatic heterocycles. The van der Waals surface area contributed by atoms with Gasteiger partial charge >= 0.3 is 0 Å². The number of carbonyl (C=O) groups excluding carboxylic acids is 1. The van der Waals surface area contributed by atoms with E-state index in [1.165, 1.54) is 0 Å². The third-order valence-corrected chi connectivity index (χ3v) is 6.75. The predicted molar refractivity (Wildman–Crippen MR) is 148 cm³/mol. The summed E-state index contributed by atoms with van der Waals surface area (Å²) in [5.74, 6) is 2.19. The van der Waals surface area contributed by atoms with Gasteiger partial charge in [0.05, 0.1) is 57.0 Å². The van der Waals surface area contributed by atoms with Crippen LogP contribution < -0.4 is 24.3 Å². The summed E-state index contributed by atoms with van der Waals surface area (Å²) < 4.78 is 27.5. The fourth-order valence-corrected chi connectivity index (χ4v) is 4.68. The molecule has 5 rings (SSSR count). The molecule has 0 spiro atoms. The maximum Gasteiger partial charge on any atom is 0.251 e. The number of amides is 1. The van der Waals surface area contributed by atoms with Gasteiger partial charge in [-0.15, -0.1) is 0 Å². The van der Waals surface area contributed by atoms with Crippen LogP contribution >= 0.6 is 0 Å². The van der Waals surface area contributed by atoms with E-state index in [1.54, 1.807) is 40.6 Å². The van der Waals surface area contributed by atoms with Crippen molar-refractivity contribution in [3.05, 3.63) is 60.2 Å². The fraction of sp³-hybridized carbons (Fsp3) is 0.300. The molecule has 202 valence electrons. The molecule has 1 aliphatic rings. The van der Waals surface area contributed by atoms with Gasteiger partial charge in [-0.25, -0.2) is 9.97 Å². The van der Waals surface area contributed by atoms with Crippen LogP contribution in [0.4, 0.5) is 0 Å². The van der Waals surface area contributed by atoms with Crippen molar-refractivity contribution in [1.82, 2.24) is 15.3 Å². The van der Waals surface area contributed by atoms with Crippen molar-refractivity contribution < 1.29 is 28.5 Å². The number of nitrogens with one attached hydrogen (secondary N) is 1. The molecule has 1 fully saturated rings. The molecule has 0 radical (unpaired) electrons. The number of hydrogen-bond acceptors (Lipinski definition) is 8. The van der Waals surface area contributed by atoms with Crippen LogP contribution in [0.5, 0.6) is 23.0 Å². The minimum absolute atomic E-state index is 0.0647. The molecular formula is C30H31N3O6. The lowest BCUT2D eigenvalue weighted by Gasteiger charge is -2.15. The quantitative estimate of drug-likeness (QED) is 0.327. The Hall–Kier alpha value is -4.37. The highest BCUT2D eigenvalue weighted by molar-refractivity contribution is 5.98. The van der Waals surface area contributed by atoms with E-state index in [1.807, 2.05) is 42.5 Å². The van der Waals surface area contributed by atoms with Crippen molar-refractivity contribution in [2.75, 3.05) is 41.6 Å². The average molecular weight is 530 g/mol. The van der Waals surface area contributed by atoms with Crippen LogP contribution in [0.25, 0.3) is 33.5 Å². The zero-order valence-corrected chi connectivity index (χ0v) is 22.4. The summed E-state index contributed by atoms with van der Waals surface area (Å²) in [6, 6.07) is 16.5. The monoisotopic (exact) mass is 529 g/mol. The highest BCUT2D eigenvalue weighted by Crippen LogP contribution is 2.39. The van der Waals surface area contributed by atoms with E-state index in [0.717, 1.165) is 30.6 Å². The Labute approximate surface area is 227 Å². The Morgan fingerprint density at radius 1 is 0.795 bits per heavy atom. The second kappa shape index (κ2) is 11.6. The molecule has 3 aromatic carbocycles. The van der Waals surface area contributed by atoms with Gasteiger partial charge in [-0.2, -0.15) is 0 Å². The zero-order chi connectivity index (χ0) is 27.4. The summed E-state index contributed by atoms with van der Waals surface area (Å²) in [5.41, 5.74) is 4.59. The Balaban J connectivity index is 1.61. The van der Waals surface area contributed by atoms with E-state index >= 15 is 0 Å². The summed E-state index contributed by atoms with van der Waals surface area (Å²) in [6.07, 6.45) is 2.04. The van der Waals surface area contributed by atoms with E-state index in [0.29, 0.717) is 57.5 Å². The van der Waals surface area contributed by atoms with Crippen molar-refractivity contribution in [1.29, 1.82) is 0 Å². The average Bonchev–Trinajstić information content (AvgIpc) is 3.52. The maximum absolute atomic E-state index is 12.9. The molecule has 0 aliphatic carbocycles. The first-order valence-corrected chi connectivity index (χ1v) is 12.7. The molecule has 1 N–H and O–H groups in total. The van der Waals surface area contributed by atoms with Crippen LogP contribution in [0.1, 0.15) is 23.2 Å². The van der Waals surface area contributed by atoms with E-state index in [9.17, 15) is 4.79 Å². The van der Waals surface area contributed by atoms with Crippen molar-refractivity contribution in [2.24, 2.45) is 0 Å². The SMILES string of the molecule is COc1ccc(-c2nc3ccc(C(=O)NCC4CCCO4)cc3nc2-c2ccc(OC)c(OC)c2)cc1OC. The topological polar surface area (TPSA) is 101 Å². The number of rotatable bonds is 9. The molecule has 0 bridgehead atoms. The molecule has 1 amide bonds. The number of benzene rings is 3. The van der Waals surface area contributed by atoms with E-state index in [2.05, 4.69) is 5.32 Å². The zero-order valence-electron chi connectivity index (χ0n) is 22.4. The molecule has 9 nitrogen and oxygen atoms in total. The molecule has 0 saturated carbocycles. The van der Waals surface area contributed by atoms with Crippen LogP contribution in [0.15, 0.2) is 54.6 Å². The van der Waals surface area contributed by atoms with Gasteiger partial charge in [-0.05, 0) is 67.4 Å².